The average molecular weight is 293 g/mol. The quantitative estimate of drug-likeness (QED) is 0.722. The third-order valence-electron chi connectivity index (χ3n) is 2.76. The van der Waals surface area contributed by atoms with Crippen LogP contribution in [0.15, 0.2) is 48.8 Å². The molecule has 0 aliphatic rings. The summed E-state index contributed by atoms with van der Waals surface area (Å²) in [6.07, 6.45) is 3.58. The predicted molar refractivity (Wildman–Crippen MR) is 76.0 cm³/mol. The van der Waals surface area contributed by atoms with Gasteiger partial charge in [-0.2, -0.15) is 0 Å². The van der Waals surface area contributed by atoms with E-state index in [1.165, 1.54) is 0 Å². The molecule has 0 radical (unpaired) electrons. The number of benzene rings is 1. The molecule has 0 saturated carbocycles. The third-order valence-corrected chi connectivity index (χ3v) is 3.29. The van der Waals surface area contributed by atoms with Crippen LogP contribution in [0.1, 0.15) is 5.69 Å². The highest BCUT2D eigenvalue weighted by atomic mass is 35.5. The smallest absolute Gasteiger partial charge is 0.138 e. The summed E-state index contributed by atoms with van der Waals surface area (Å²) in [5.74, 6) is 0.654. The molecular formula is C14H10Cl2N2O. The molecule has 0 aliphatic heterocycles. The van der Waals surface area contributed by atoms with Gasteiger partial charge in [-0.25, -0.2) is 4.98 Å². The summed E-state index contributed by atoms with van der Waals surface area (Å²) in [6, 6.07) is 11.0. The molecule has 0 bridgehead atoms. The third kappa shape index (κ3) is 2.53. The first-order valence-corrected chi connectivity index (χ1v) is 6.48. The van der Waals surface area contributed by atoms with E-state index in [1.54, 1.807) is 12.3 Å². The second-order valence-electron chi connectivity index (χ2n) is 4.04. The van der Waals surface area contributed by atoms with Gasteiger partial charge >= 0.3 is 0 Å². The maximum absolute atomic E-state index is 6.04. The SMILES string of the molecule is Clc1ccc2ncc(COc3ccccc3Cl)n2c1. The first kappa shape index (κ1) is 12.3. The van der Waals surface area contributed by atoms with Crippen LogP contribution in [0.25, 0.3) is 5.65 Å². The number of imidazole rings is 1. The van der Waals surface area contributed by atoms with Crippen molar-refractivity contribution in [2.24, 2.45) is 0 Å². The van der Waals surface area contributed by atoms with Crippen molar-refractivity contribution in [3.63, 3.8) is 0 Å². The Bertz CT molecular complexity index is 724. The second-order valence-corrected chi connectivity index (χ2v) is 4.89. The molecule has 0 unspecified atom stereocenters. The Hall–Kier alpha value is -1.71. The summed E-state index contributed by atoms with van der Waals surface area (Å²) in [5.41, 5.74) is 1.75. The van der Waals surface area contributed by atoms with Crippen LogP contribution < -0.4 is 4.74 Å². The molecule has 0 spiro atoms. The van der Waals surface area contributed by atoms with E-state index in [0.29, 0.717) is 22.4 Å². The van der Waals surface area contributed by atoms with E-state index in [0.717, 1.165) is 11.3 Å². The molecule has 3 rings (SSSR count). The van der Waals surface area contributed by atoms with Crippen LogP contribution in [-0.2, 0) is 6.61 Å². The van der Waals surface area contributed by atoms with Gasteiger partial charge in [-0.05, 0) is 24.3 Å². The number of halogens is 2. The maximum Gasteiger partial charge on any atom is 0.138 e. The van der Waals surface area contributed by atoms with Crippen LogP contribution in [0.2, 0.25) is 10.0 Å². The minimum atomic E-state index is 0.380. The largest absolute Gasteiger partial charge is 0.486 e. The lowest BCUT2D eigenvalue weighted by atomic mass is 10.3. The first-order chi connectivity index (χ1) is 9.24. The minimum Gasteiger partial charge on any atom is -0.486 e. The maximum atomic E-state index is 6.04. The van der Waals surface area contributed by atoms with Gasteiger partial charge in [-0.3, -0.25) is 4.40 Å². The second kappa shape index (κ2) is 5.11. The van der Waals surface area contributed by atoms with Crippen molar-refractivity contribution in [1.82, 2.24) is 9.38 Å². The van der Waals surface area contributed by atoms with E-state index in [2.05, 4.69) is 4.98 Å². The molecule has 5 heteroatoms. The molecule has 1 aromatic carbocycles. The van der Waals surface area contributed by atoms with E-state index < -0.39 is 0 Å². The monoisotopic (exact) mass is 292 g/mol. The lowest BCUT2D eigenvalue weighted by Gasteiger charge is -2.07. The minimum absolute atomic E-state index is 0.380. The summed E-state index contributed by atoms with van der Waals surface area (Å²) in [6.45, 7) is 0.380. The fourth-order valence-corrected chi connectivity index (χ4v) is 2.18. The Labute approximate surface area is 120 Å². The number of para-hydroxylation sites is 1. The Morgan fingerprint density at radius 3 is 2.79 bits per heavy atom. The Kier molecular flexibility index (Phi) is 3.32. The van der Waals surface area contributed by atoms with Crippen LogP contribution in [-0.4, -0.2) is 9.38 Å². The van der Waals surface area contributed by atoms with Gasteiger partial charge in [-0.15, -0.1) is 0 Å². The Balaban J connectivity index is 1.86. The van der Waals surface area contributed by atoms with Crippen molar-refractivity contribution < 1.29 is 4.74 Å². The van der Waals surface area contributed by atoms with Gasteiger partial charge in [0.25, 0.3) is 0 Å². The fourth-order valence-electron chi connectivity index (χ4n) is 1.83. The molecule has 0 saturated heterocycles. The molecule has 0 aliphatic carbocycles. The molecule has 3 nitrogen and oxygen atoms in total. The highest BCUT2D eigenvalue weighted by Crippen LogP contribution is 2.24. The molecular weight excluding hydrogens is 283 g/mol. The van der Waals surface area contributed by atoms with Crippen molar-refractivity contribution in [1.29, 1.82) is 0 Å². The molecule has 0 N–H and O–H groups in total. The Morgan fingerprint density at radius 1 is 1.11 bits per heavy atom. The number of hydrogen-bond donors (Lipinski definition) is 0. The molecule has 2 aromatic heterocycles. The number of hydrogen-bond acceptors (Lipinski definition) is 2. The average Bonchev–Trinajstić information content (AvgIpc) is 2.80. The lowest BCUT2D eigenvalue weighted by Crippen LogP contribution is -1.99. The number of pyridine rings is 1. The number of aromatic nitrogens is 2. The molecule has 0 atom stereocenters. The van der Waals surface area contributed by atoms with Crippen molar-refractivity contribution in [2.45, 2.75) is 6.61 Å². The number of rotatable bonds is 3. The van der Waals surface area contributed by atoms with Crippen LogP contribution >= 0.6 is 23.2 Å². The normalized spacial score (nSPS) is 10.8. The predicted octanol–water partition coefficient (Wildman–Crippen LogP) is 4.22. The van der Waals surface area contributed by atoms with Crippen LogP contribution in [0, 0.1) is 0 Å². The highest BCUT2D eigenvalue weighted by Gasteiger charge is 2.06. The molecule has 19 heavy (non-hydrogen) atoms. The number of nitrogens with zero attached hydrogens (tertiary/aromatic N) is 2. The fraction of sp³-hybridized carbons (Fsp3) is 0.0714. The van der Waals surface area contributed by atoms with Crippen LogP contribution in [0.4, 0.5) is 0 Å². The molecule has 0 fully saturated rings. The van der Waals surface area contributed by atoms with Gasteiger partial charge < -0.3 is 4.74 Å². The van der Waals surface area contributed by atoms with E-state index in [9.17, 15) is 0 Å². The van der Waals surface area contributed by atoms with Crippen molar-refractivity contribution in [3.8, 4) is 5.75 Å². The molecule has 2 heterocycles. The van der Waals surface area contributed by atoms with E-state index in [-0.39, 0.29) is 0 Å². The van der Waals surface area contributed by atoms with Gasteiger partial charge in [0.1, 0.15) is 18.0 Å². The van der Waals surface area contributed by atoms with E-state index in [4.69, 9.17) is 27.9 Å². The van der Waals surface area contributed by atoms with Gasteiger partial charge in [-0.1, -0.05) is 35.3 Å². The van der Waals surface area contributed by atoms with E-state index >= 15 is 0 Å². The van der Waals surface area contributed by atoms with E-state index in [1.807, 2.05) is 40.9 Å². The van der Waals surface area contributed by atoms with Gasteiger partial charge in [0.15, 0.2) is 0 Å². The van der Waals surface area contributed by atoms with Crippen LogP contribution in [0.3, 0.4) is 0 Å². The van der Waals surface area contributed by atoms with Crippen molar-refractivity contribution in [2.75, 3.05) is 0 Å². The van der Waals surface area contributed by atoms with Gasteiger partial charge in [0.05, 0.1) is 21.9 Å². The van der Waals surface area contributed by atoms with Gasteiger partial charge in [0.2, 0.25) is 0 Å². The van der Waals surface area contributed by atoms with Crippen molar-refractivity contribution in [3.05, 3.63) is 64.5 Å². The molecule has 96 valence electrons. The summed E-state index contributed by atoms with van der Waals surface area (Å²) in [4.78, 5) is 4.29. The summed E-state index contributed by atoms with van der Waals surface area (Å²) >= 11 is 12.0. The summed E-state index contributed by atoms with van der Waals surface area (Å²) < 4.78 is 7.60. The van der Waals surface area contributed by atoms with Crippen LogP contribution in [0.5, 0.6) is 5.75 Å². The zero-order valence-corrected chi connectivity index (χ0v) is 11.4. The first-order valence-electron chi connectivity index (χ1n) is 5.73. The lowest BCUT2D eigenvalue weighted by molar-refractivity contribution is 0.300. The number of ether oxygens (including phenoxy) is 1. The Morgan fingerprint density at radius 2 is 1.95 bits per heavy atom. The zero-order chi connectivity index (χ0) is 13.2. The number of fused-ring (bicyclic) bond motifs is 1. The summed E-state index contributed by atoms with van der Waals surface area (Å²) in [7, 11) is 0. The highest BCUT2D eigenvalue weighted by molar-refractivity contribution is 6.32. The topological polar surface area (TPSA) is 26.5 Å². The summed E-state index contributed by atoms with van der Waals surface area (Å²) in [5, 5.41) is 1.25. The molecule has 0 amide bonds. The zero-order valence-electron chi connectivity index (χ0n) is 9.88. The molecule has 3 aromatic rings. The standard InChI is InChI=1S/C14H10Cl2N2O/c15-10-5-6-14-17-7-11(18(14)8-10)9-19-13-4-2-1-3-12(13)16/h1-8H,9H2. The van der Waals surface area contributed by atoms with Gasteiger partial charge in [0, 0.05) is 6.20 Å². The van der Waals surface area contributed by atoms with Crippen molar-refractivity contribution >= 4 is 28.8 Å².